The number of anilines is 1. The molecule has 0 heterocycles. The summed E-state index contributed by atoms with van der Waals surface area (Å²) in [6, 6.07) is 5.89. The fraction of sp³-hybridized carbons (Fsp3) is 0.571. The fourth-order valence-electron chi connectivity index (χ4n) is 1.51. The molecule has 0 aliphatic carbocycles. The Balaban J connectivity index is 2.52. The Morgan fingerprint density at radius 3 is 2.76 bits per heavy atom. The van der Waals surface area contributed by atoms with Crippen molar-refractivity contribution >= 4 is 17.4 Å². The van der Waals surface area contributed by atoms with Crippen LogP contribution in [0.15, 0.2) is 18.2 Å². The van der Waals surface area contributed by atoms with Crippen molar-refractivity contribution in [2.75, 3.05) is 18.1 Å². The van der Waals surface area contributed by atoms with Gasteiger partial charge >= 0.3 is 0 Å². The van der Waals surface area contributed by atoms with Gasteiger partial charge in [-0.25, -0.2) is 0 Å². The van der Waals surface area contributed by atoms with Gasteiger partial charge in [0.2, 0.25) is 0 Å². The Morgan fingerprint density at radius 1 is 1.35 bits per heavy atom. The van der Waals surface area contributed by atoms with E-state index in [0.29, 0.717) is 6.61 Å². The van der Waals surface area contributed by atoms with Crippen LogP contribution in [0.5, 0.6) is 5.75 Å². The molecule has 0 atom stereocenters. The van der Waals surface area contributed by atoms with Crippen molar-refractivity contribution in [1.29, 1.82) is 0 Å². The number of thioether (sulfide) groups is 1. The molecule has 0 radical (unpaired) electrons. The third-order valence-electron chi connectivity index (χ3n) is 2.48. The van der Waals surface area contributed by atoms with Crippen molar-refractivity contribution in [1.82, 2.24) is 0 Å². The van der Waals surface area contributed by atoms with E-state index in [-0.39, 0.29) is 0 Å². The topological polar surface area (TPSA) is 35.2 Å². The number of nitrogen functional groups attached to an aromatic ring is 1. The van der Waals surface area contributed by atoms with E-state index in [0.717, 1.165) is 23.1 Å². The van der Waals surface area contributed by atoms with Crippen molar-refractivity contribution in [3.63, 3.8) is 0 Å². The maximum atomic E-state index is 5.81. The predicted molar refractivity (Wildman–Crippen MR) is 77.6 cm³/mol. The number of hydrogen-bond donors (Lipinski definition) is 1. The third kappa shape index (κ3) is 5.35. The zero-order chi connectivity index (χ0) is 12.7. The number of ether oxygens (including phenoxy) is 1. The predicted octanol–water partition coefficient (Wildman–Crippen LogP) is 3.95. The zero-order valence-electron chi connectivity index (χ0n) is 11.0. The van der Waals surface area contributed by atoms with Gasteiger partial charge in [0.05, 0.1) is 6.61 Å². The van der Waals surface area contributed by atoms with Crippen LogP contribution in [-0.4, -0.2) is 12.4 Å². The smallest absolute Gasteiger partial charge is 0.123 e. The Morgan fingerprint density at radius 2 is 2.12 bits per heavy atom. The molecule has 2 nitrogen and oxygen atoms in total. The normalized spacial score (nSPS) is 10.8. The third-order valence-corrected chi connectivity index (χ3v) is 3.52. The minimum absolute atomic E-state index is 0.702. The van der Waals surface area contributed by atoms with Gasteiger partial charge in [-0.15, -0.1) is 0 Å². The molecule has 0 amide bonds. The van der Waals surface area contributed by atoms with Crippen LogP contribution in [0.1, 0.15) is 32.8 Å². The van der Waals surface area contributed by atoms with Crippen LogP contribution in [0.3, 0.4) is 0 Å². The van der Waals surface area contributed by atoms with Crippen molar-refractivity contribution in [2.24, 2.45) is 5.92 Å². The van der Waals surface area contributed by atoms with E-state index in [2.05, 4.69) is 13.8 Å². The molecule has 1 aromatic carbocycles. The number of nitrogens with two attached hydrogens (primary N) is 1. The van der Waals surface area contributed by atoms with Crippen molar-refractivity contribution in [3.05, 3.63) is 23.8 Å². The average Bonchev–Trinajstić information content (AvgIpc) is 2.28. The molecule has 0 fully saturated rings. The molecular formula is C14H23NOS. The number of hydrogen-bond acceptors (Lipinski definition) is 3. The summed E-state index contributed by atoms with van der Waals surface area (Å²) in [5.41, 5.74) is 7.83. The van der Waals surface area contributed by atoms with Crippen molar-refractivity contribution in [2.45, 2.75) is 32.9 Å². The second-order valence-corrected chi connectivity index (χ2v) is 5.64. The van der Waals surface area contributed by atoms with Gasteiger partial charge in [-0.3, -0.25) is 0 Å². The van der Waals surface area contributed by atoms with Crippen LogP contribution in [0.25, 0.3) is 0 Å². The standard InChI is InChI=1S/C14H23NOS/c1-4-16-14-6-5-13(15)9-12(14)10-17-8-7-11(2)3/h5-6,9,11H,4,7-8,10,15H2,1-3H3. The highest BCUT2D eigenvalue weighted by atomic mass is 32.2. The molecule has 1 rings (SSSR count). The number of benzene rings is 1. The van der Waals surface area contributed by atoms with Gasteiger partial charge in [0.25, 0.3) is 0 Å². The minimum atomic E-state index is 0.702. The Labute approximate surface area is 109 Å². The van der Waals surface area contributed by atoms with E-state index < -0.39 is 0 Å². The molecule has 0 aliphatic heterocycles. The van der Waals surface area contributed by atoms with Crippen LogP contribution in [0.2, 0.25) is 0 Å². The van der Waals surface area contributed by atoms with E-state index in [9.17, 15) is 0 Å². The first-order valence-corrected chi connectivity index (χ1v) is 7.38. The lowest BCUT2D eigenvalue weighted by Gasteiger charge is -2.11. The molecule has 1 aromatic rings. The fourth-order valence-corrected chi connectivity index (χ4v) is 2.74. The van der Waals surface area contributed by atoms with Crippen LogP contribution in [-0.2, 0) is 5.75 Å². The Bertz CT molecular complexity index is 339. The highest BCUT2D eigenvalue weighted by Crippen LogP contribution is 2.26. The van der Waals surface area contributed by atoms with Gasteiger partial charge in [-0.2, -0.15) is 11.8 Å². The quantitative estimate of drug-likeness (QED) is 0.590. The molecule has 0 aliphatic rings. The van der Waals surface area contributed by atoms with Gasteiger partial charge in [0.1, 0.15) is 5.75 Å². The molecular weight excluding hydrogens is 230 g/mol. The molecule has 0 spiro atoms. The molecule has 17 heavy (non-hydrogen) atoms. The first-order valence-electron chi connectivity index (χ1n) is 6.22. The maximum Gasteiger partial charge on any atom is 0.123 e. The largest absolute Gasteiger partial charge is 0.494 e. The first kappa shape index (κ1) is 14.2. The minimum Gasteiger partial charge on any atom is -0.494 e. The highest BCUT2D eigenvalue weighted by molar-refractivity contribution is 7.98. The van der Waals surface area contributed by atoms with Gasteiger partial charge in [-0.1, -0.05) is 13.8 Å². The molecule has 96 valence electrons. The summed E-state index contributed by atoms with van der Waals surface area (Å²) in [5, 5.41) is 0. The summed E-state index contributed by atoms with van der Waals surface area (Å²) in [5.74, 6) is 3.92. The van der Waals surface area contributed by atoms with Gasteiger partial charge in [-0.05, 0) is 43.2 Å². The molecule has 0 saturated heterocycles. The van der Waals surface area contributed by atoms with Crippen molar-refractivity contribution < 1.29 is 4.74 Å². The first-order chi connectivity index (χ1) is 8.13. The Kier molecular flexibility index (Phi) is 6.27. The lowest BCUT2D eigenvalue weighted by molar-refractivity contribution is 0.337. The molecule has 0 unspecified atom stereocenters. The lowest BCUT2D eigenvalue weighted by atomic mass is 10.2. The number of rotatable bonds is 7. The lowest BCUT2D eigenvalue weighted by Crippen LogP contribution is -1.98. The summed E-state index contributed by atoms with van der Waals surface area (Å²) in [4.78, 5) is 0. The van der Waals surface area contributed by atoms with E-state index >= 15 is 0 Å². The van der Waals surface area contributed by atoms with Crippen LogP contribution >= 0.6 is 11.8 Å². The molecule has 2 N–H and O–H groups in total. The summed E-state index contributed by atoms with van der Waals surface area (Å²) in [6.07, 6.45) is 1.26. The van der Waals surface area contributed by atoms with E-state index in [1.807, 2.05) is 36.9 Å². The van der Waals surface area contributed by atoms with E-state index in [4.69, 9.17) is 10.5 Å². The SMILES string of the molecule is CCOc1ccc(N)cc1CSCCC(C)C. The van der Waals surface area contributed by atoms with Gasteiger partial charge in [0.15, 0.2) is 0 Å². The zero-order valence-corrected chi connectivity index (χ0v) is 11.8. The molecule has 0 bridgehead atoms. The van der Waals surface area contributed by atoms with Gasteiger partial charge in [0, 0.05) is 17.0 Å². The maximum absolute atomic E-state index is 5.81. The average molecular weight is 253 g/mol. The highest BCUT2D eigenvalue weighted by Gasteiger charge is 2.04. The molecule has 0 aromatic heterocycles. The molecule has 3 heteroatoms. The summed E-state index contributed by atoms with van der Waals surface area (Å²) in [6.45, 7) is 7.22. The van der Waals surface area contributed by atoms with Crippen molar-refractivity contribution in [3.8, 4) is 5.75 Å². The second-order valence-electron chi connectivity index (χ2n) is 4.54. The Hall–Kier alpha value is -0.830. The second kappa shape index (κ2) is 7.49. The van der Waals surface area contributed by atoms with Crippen LogP contribution in [0, 0.1) is 5.92 Å². The van der Waals surface area contributed by atoms with Crippen LogP contribution < -0.4 is 10.5 Å². The summed E-state index contributed by atoms with van der Waals surface area (Å²) < 4.78 is 5.60. The molecule has 0 saturated carbocycles. The van der Waals surface area contributed by atoms with E-state index in [1.54, 1.807) is 0 Å². The van der Waals surface area contributed by atoms with Crippen LogP contribution in [0.4, 0.5) is 5.69 Å². The summed E-state index contributed by atoms with van der Waals surface area (Å²) in [7, 11) is 0. The monoisotopic (exact) mass is 253 g/mol. The van der Waals surface area contributed by atoms with E-state index in [1.165, 1.54) is 17.7 Å². The summed E-state index contributed by atoms with van der Waals surface area (Å²) >= 11 is 1.95. The van der Waals surface area contributed by atoms with Gasteiger partial charge < -0.3 is 10.5 Å².